The summed E-state index contributed by atoms with van der Waals surface area (Å²) >= 11 is 5.86. The van der Waals surface area contributed by atoms with Gasteiger partial charge in [0.2, 0.25) is 0 Å². The minimum Gasteiger partial charge on any atom is -0.464 e. The lowest BCUT2D eigenvalue weighted by Gasteiger charge is -2.38. The molecule has 0 aliphatic carbocycles. The molecule has 1 rings (SSSR count). The van der Waals surface area contributed by atoms with Crippen molar-refractivity contribution in [1.82, 2.24) is 4.90 Å². The van der Waals surface area contributed by atoms with Crippen LogP contribution in [0.1, 0.15) is 47.0 Å². The van der Waals surface area contributed by atoms with Crippen LogP contribution in [-0.4, -0.2) is 40.6 Å². The second kappa shape index (κ2) is 8.56. The second-order valence-electron chi connectivity index (χ2n) is 6.86. The molecular weight excluding hydrogens is 342 g/mol. The molecule has 1 atom stereocenters. The summed E-state index contributed by atoms with van der Waals surface area (Å²) in [5.74, 6) is -0.0990. The van der Waals surface area contributed by atoms with Gasteiger partial charge in [-0.25, -0.2) is 9.59 Å². The molecule has 1 heterocycles. The first-order valence-corrected chi connectivity index (χ1v) is 8.94. The molecule has 0 fully saturated rings. The van der Waals surface area contributed by atoms with E-state index in [1.807, 2.05) is 0 Å². The number of carbonyl (C=O) groups excluding carboxylic acids is 2. The van der Waals surface area contributed by atoms with E-state index in [2.05, 4.69) is 13.2 Å². The van der Waals surface area contributed by atoms with Crippen LogP contribution in [0.2, 0.25) is 0 Å². The van der Waals surface area contributed by atoms with Crippen LogP contribution in [0, 0.1) is 0 Å². The van der Waals surface area contributed by atoms with Gasteiger partial charge in [-0.3, -0.25) is 4.90 Å². The average Bonchev–Trinajstić information content (AvgIpc) is 2.86. The van der Waals surface area contributed by atoms with Crippen LogP contribution in [0.25, 0.3) is 0 Å². The minimum absolute atomic E-state index is 0.219. The number of halogens is 1. The Labute approximate surface area is 155 Å². The lowest BCUT2D eigenvalue weighted by molar-refractivity contribution is -0.156. The van der Waals surface area contributed by atoms with Crippen LogP contribution in [0.15, 0.2) is 36.6 Å². The summed E-state index contributed by atoms with van der Waals surface area (Å²) in [6.45, 7) is 14.9. The summed E-state index contributed by atoms with van der Waals surface area (Å²) in [5, 5.41) is 0. The zero-order valence-corrected chi connectivity index (χ0v) is 16.3. The smallest absolute Gasteiger partial charge is 0.415 e. The van der Waals surface area contributed by atoms with Gasteiger partial charge in [-0.15, -0.1) is 11.6 Å². The summed E-state index contributed by atoms with van der Waals surface area (Å²) < 4.78 is 10.8. The summed E-state index contributed by atoms with van der Waals surface area (Å²) in [6, 6.07) is 0. The van der Waals surface area contributed by atoms with Gasteiger partial charge in [0, 0.05) is 12.3 Å². The van der Waals surface area contributed by atoms with Gasteiger partial charge in [0.25, 0.3) is 0 Å². The summed E-state index contributed by atoms with van der Waals surface area (Å²) in [4.78, 5) is 27.2. The van der Waals surface area contributed by atoms with E-state index in [4.69, 9.17) is 21.1 Å². The highest BCUT2D eigenvalue weighted by atomic mass is 35.5. The molecule has 0 bridgehead atoms. The molecule has 0 spiro atoms. The van der Waals surface area contributed by atoms with Crippen molar-refractivity contribution in [2.75, 3.05) is 12.5 Å². The van der Waals surface area contributed by atoms with Gasteiger partial charge in [-0.2, -0.15) is 0 Å². The van der Waals surface area contributed by atoms with Crippen LogP contribution in [0.3, 0.4) is 0 Å². The van der Waals surface area contributed by atoms with Crippen molar-refractivity contribution in [2.24, 2.45) is 0 Å². The summed E-state index contributed by atoms with van der Waals surface area (Å²) in [6.07, 6.45) is 3.78. The molecule has 6 heteroatoms. The van der Waals surface area contributed by atoms with Gasteiger partial charge in [0.1, 0.15) is 5.60 Å². The number of hydrogen-bond acceptors (Lipinski definition) is 4. The van der Waals surface area contributed by atoms with Crippen LogP contribution in [0.4, 0.5) is 4.79 Å². The molecule has 0 N–H and O–H groups in total. The fraction of sp³-hybridized carbons (Fsp3) is 0.579. The van der Waals surface area contributed by atoms with Crippen molar-refractivity contribution in [3.63, 3.8) is 0 Å². The number of carbonyl (C=O) groups is 2. The molecule has 0 radical (unpaired) electrons. The van der Waals surface area contributed by atoms with E-state index in [1.165, 1.54) is 4.90 Å². The standard InChI is InChI=1S/C19H28ClNO4/c1-7-14-13-19(11-10-12-20,16(22)24-9-3)21(15(14)8-2)17(23)25-18(4,5)6/h7-8H,1-2,9-13H2,3-6H3. The molecule has 5 nitrogen and oxygen atoms in total. The summed E-state index contributed by atoms with van der Waals surface area (Å²) in [7, 11) is 0. The van der Waals surface area contributed by atoms with Gasteiger partial charge in [-0.1, -0.05) is 19.2 Å². The molecular formula is C19H28ClNO4. The average molecular weight is 370 g/mol. The van der Waals surface area contributed by atoms with Gasteiger partial charge in [-0.05, 0) is 52.2 Å². The number of rotatable bonds is 7. The van der Waals surface area contributed by atoms with E-state index >= 15 is 0 Å². The second-order valence-corrected chi connectivity index (χ2v) is 7.23. The number of hydrogen-bond donors (Lipinski definition) is 0. The van der Waals surface area contributed by atoms with Gasteiger partial charge in [0.15, 0.2) is 5.54 Å². The maximum absolute atomic E-state index is 12.9. The Morgan fingerprint density at radius 3 is 2.40 bits per heavy atom. The molecule has 0 aromatic carbocycles. The third kappa shape index (κ3) is 4.66. The van der Waals surface area contributed by atoms with E-state index in [0.29, 0.717) is 30.8 Å². The number of nitrogens with zero attached hydrogens (tertiary/aromatic N) is 1. The predicted molar refractivity (Wildman–Crippen MR) is 99.4 cm³/mol. The van der Waals surface area contributed by atoms with E-state index < -0.39 is 23.2 Å². The van der Waals surface area contributed by atoms with Crippen molar-refractivity contribution >= 4 is 23.7 Å². The molecule has 1 amide bonds. The zero-order valence-electron chi connectivity index (χ0n) is 15.6. The number of allylic oxidation sites excluding steroid dienone is 2. The molecule has 1 unspecified atom stereocenters. The van der Waals surface area contributed by atoms with Gasteiger partial charge >= 0.3 is 12.1 Å². The first kappa shape index (κ1) is 21.3. The molecule has 25 heavy (non-hydrogen) atoms. The maximum atomic E-state index is 12.9. The minimum atomic E-state index is -1.19. The molecule has 1 aliphatic rings. The van der Waals surface area contributed by atoms with Crippen molar-refractivity contribution in [3.8, 4) is 0 Å². The Kier molecular flexibility index (Phi) is 7.29. The molecule has 1 aliphatic heterocycles. The normalized spacial score (nSPS) is 20.4. The first-order valence-electron chi connectivity index (χ1n) is 8.41. The number of ether oxygens (including phenoxy) is 2. The monoisotopic (exact) mass is 369 g/mol. The van der Waals surface area contributed by atoms with E-state index in [9.17, 15) is 9.59 Å². The van der Waals surface area contributed by atoms with Crippen molar-refractivity contribution < 1.29 is 19.1 Å². The van der Waals surface area contributed by atoms with Crippen molar-refractivity contribution in [1.29, 1.82) is 0 Å². The molecule has 0 saturated carbocycles. The Hall–Kier alpha value is -1.75. The van der Waals surface area contributed by atoms with Crippen LogP contribution >= 0.6 is 11.6 Å². The Morgan fingerprint density at radius 1 is 1.32 bits per heavy atom. The molecule has 0 aromatic rings. The zero-order chi connectivity index (χ0) is 19.3. The van der Waals surface area contributed by atoms with E-state index in [1.54, 1.807) is 39.8 Å². The predicted octanol–water partition coefficient (Wildman–Crippen LogP) is 4.57. The SMILES string of the molecule is C=CC1=C(C=C)N(C(=O)OC(C)(C)C)C(CCCCl)(C(=O)OCC)C1. The number of alkyl halides is 1. The van der Waals surface area contributed by atoms with Gasteiger partial charge < -0.3 is 9.47 Å². The fourth-order valence-corrected chi connectivity index (χ4v) is 3.06. The highest BCUT2D eigenvalue weighted by molar-refractivity contribution is 6.17. The van der Waals surface area contributed by atoms with Crippen molar-refractivity contribution in [2.45, 2.75) is 58.1 Å². The summed E-state index contributed by atoms with van der Waals surface area (Å²) in [5.41, 5.74) is -0.622. The Bertz CT molecular complexity index is 576. The molecule has 0 aromatic heterocycles. The molecule has 140 valence electrons. The molecule has 0 saturated heterocycles. The largest absolute Gasteiger partial charge is 0.464 e. The third-order valence-electron chi connectivity index (χ3n) is 3.88. The van der Waals surface area contributed by atoms with Crippen LogP contribution in [-0.2, 0) is 14.3 Å². The van der Waals surface area contributed by atoms with Gasteiger partial charge in [0.05, 0.1) is 12.3 Å². The highest BCUT2D eigenvalue weighted by Gasteiger charge is 2.54. The fourth-order valence-electron chi connectivity index (χ4n) is 2.93. The van der Waals surface area contributed by atoms with Crippen LogP contribution in [0.5, 0.6) is 0 Å². The number of amides is 1. The highest BCUT2D eigenvalue weighted by Crippen LogP contribution is 2.43. The van der Waals surface area contributed by atoms with Crippen molar-refractivity contribution in [3.05, 3.63) is 36.6 Å². The van der Waals surface area contributed by atoms with Crippen LogP contribution < -0.4 is 0 Å². The lowest BCUT2D eigenvalue weighted by Crippen LogP contribution is -2.55. The first-order chi connectivity index (χ1) is 11.7. The topological polar surface area (TPSA) is 55.8 Å². The van der Waals surface area contributed by atoms with E-state index in [0.717, 1.165) is 5.57 Å². The lowest BCUT2D eigenvalue weighted by atomic mass is 9.88. The Morgan fingerprint density at radius 2 is 1.96 bits per heavy atom. The van der Waals surface area contributed by atoms with E-state index in [-0.39, 0.29) is 6.61 Å². The Balaban J connectivity index is 3.45. The maximum Gasteiger partial charge on any atom is 0.415 e. The third-order valence-corrected chi connectivity index (χ3v) is 4.14. The number of esters is 1. The quantitative estimate of drug-likeness (QED) is 0.487.